The van der Waals surface area contributed by atoms with E-state index >= 15 is 0 Å². The SMILES string of the molecule is CC.Cc1n[c-]ncn1.[Rh]. The van der Waals surface area contributed by atoms with Crippen molar-refractivity contribution < 1.29 is 19.5 Å². The predicted molar refractivity (Wildman–Crippen MR) is 34.7 cm³/mol. The molecule has 0 N–H and O–H groups in total. The molecule has 1 aromatic rings. The quantitative estimate of drug-likeness (QED) is 0.490. The van der Waals surface area contributed by atoms with Crippen LogP contribution in [0.25, 0.3) is 0 Å². The molecule has 1 rings (SSSR count). The molecular weight excluding hydrogens is 217 g/mol. The molecule has 0 aromatic carbocycles. The van der Waals surface area contributed by atoms with E-state index in [-0.39, 0.29) is 19.5 Å². The molecule has 1 radical (unpaired) electrons. The summed E-state index contributed by atoms with van der Waals surface area (Å²) in [4.78, 5) is 10.9. The van der Waals surface area contributed by atoms with Gasteiger partial charge in [-0.1, -0.05) is 20.8 Å². The molecular formula is C6H10N3Rh-. The molecule has 0 bridgehead atoms. The van der Waals surface area contributed by atoms with Gasteiger partial charge in [-0.05, 0) is 0 Å². The van der Waals surface area contributed by atoms with Crippen molar-refractivity contribution in [1.29, 1.82) is 0 Å². The standard InChI is InChI=1S/C4H4N3.C2H6.Rh/c1-4-6-2-5-3-7-4;1-2;/h2H,1H3;1-2H3;/q-1;;. The first-order valence-corrected chi connectivity index (χ1v) is 2.91. The van der Waals surface area contributed by atoms with Crippen molar-refractivity contribution in [3.63, 3.8) is 0 Å². The van der Waals surface area contributed by atoms with E-state index in [9.17, 15) is 0 Å². The number of aryl methyl sites for hydroxylation is 1. The molecule has 0 aliphatic heterocycles. The Hall–Kier alpha value is -0.367. The number of hydrogen-bond donors (Lipinski definition) is 0. The van der Waals surface area contributed by atoms with Gasteiger partial charge in [0.1, 0.15) is 0 Å². The van der Waals surface area contributed by atoms with Crippen LogP contribution in [-0.2, 0) is 19.5 Å². The number of hydrogen-bond acceptors (Lipinski definition) is 3. The molecule has 0 fully saturated rings. The van der Waals surface area contributed by atoms with Crippen molar-refractivity contribution in [2.24, 2.45) is 0 Å². The monoisotopic (exact) mass is 227 g/mol. The van der Waals surface area contributed by atoms with Crippen molar-refractivity contribution in [2.45, 2.75) is 20.8 Å². The minimum Gasteiger partial charge on any atom is -0.355 e. The fourth-order valence-corrected chi connectivity index (χ4v) is 0.268. The van der Waals surface area contributed by atoms with Crippen LogP contribution >= 0.6 is 0 Å². The molecule has 0 spiro atoms. The van der Waals surface area contributed by atoms with E-state index < -0.39 is 0 Å². The Labute approximate surface area is 74.1 Å². The Kier molecular flexibility index (Phi) is 10.6. The molecule has 3 nitrogen and oxygen atoms in total. The van der Waals surface area contributed by atoms with E-state index in [2.05, 4.69) is 21.3 Å². The topological polar surface area (TPSA) is 38.7 Å². The summed E-state index contributed by atoms with van der Waals surface area (Å²) in [5.41, 5.74) is 0. The maximum absolute atomic E-state index is 3.73. The van der Waals surface area contributed by atoms with Crippen LogP contribution in [0.1, 0.15) is 19.7 Å². The first-order valence-electron chi connectivity index (χ1n) is 2.91. The summed E-state index contributed by atoms with van der Waals surface area (Å²) in [6, 6.07) is 0. The van der Waals surface area contributed by atoms with Crippen LogP contribution in [0, 0.1) is 13.3 Å². The molecule has 0 amide bonds. The normalized spacial score (nSPS) is 6.70. The molecule has 10 heavy (non-hydrogen) atoms. The van der Waals surface area contributed by atoms with Crippen LogP contribution in [0.2, 0.25) is 0 Å². The molecule has 0 aliphatic carbocycles. The second kappa shape index (κ2) is 8.63. The van der Waals surface area contributed by atoms with Gasteiger partial charge in [0.15, 0.2) is 0 Å². The molecule has 0 unspecified atom stereocenters. The molecule has 0 saturated carbocycles. The predicted octanol–water partition coefficient (Wildman–Crippen LogP) is 1.00. The Balaban J connectivity index is 0. The van der Waals surface area contributed by atoms with E-state index in [4.69, 9.17) is 0 Å². The Bertz CT molecular complexity index is 143. The largest absolute Gasteiger partial charge is 0.355 e. The van der Waals surface area contributed by atoms with E-state index in [1.807, 2.05) is 13.8 Å². The van der Waals surface area contributed by atoms with E-state index in [0.717, 1.165) is 0 Å². The summed E-state index contributed by atoms with van der Waals surface area (Å²) in [7, 11) is 0. The van der Waals surface area contributed by atoms with Gasteiger partial charge in [-0.15, -0.1) is 0 Å². The van der Waals surface area contributed by atoms with Gasteiger partial charge < -0.3 is 15.0 Å². The van der Waals surface area contributed by atoms with Crippen LogP contribution in [0.4, 0.5) is 0 Å². The van der Waals surface area contributed by atoms with Gasteiger partial charge in [-0.2, -0.15) is 0 Å². The van der Waals surface area contributed by atoms with Gasteiger partial charge in [0.2, 0.25) is 0 Å². The number of nitrogens with zero attached hydrogens (tertiary/aromatic N) is 3. The van der Waals surface area contributed by atoms with Gasteiger partial charge in [0, 0.05) is 38.0 Å². The summed E-state index contributed by atoms with van der Waals surface area (Å²) < 4.78 is 0. The summed E-state index contributed by atoms with van der Waals surface area (Å²) in [6.45, 7) is 5.79. The summed E-state index contributed by atoms with van der Waals surface area (Å²) >= 11 is 0. The van der Waals surface area contributed by atoms with Gasteiger partial charge >= 0.3 is 0 Å². The van der Waals surface area contributed by atoms with E-state index in [1.165, 1.54) is 6.33 Å². The third kappa shape index (κ3) is 5.76. The Morgan fingerprint density at radius 1 is 1.40 bits per heavy atom. The van der Waals surface area contributed by atoms with Crippen LogP contribution in [0.15, 0.2) is 6.33 Å². The average molecular weight is 227 g/mol. The van der Waals surface area contributed by atoms with Gasteiger partial charge in [-0.25, -0.2) is 0 Å². The van der Waals surface area contributed by atoms with Crippen molar-refractivity contribution >= 4 is 0 Å². The smallest absolute Gasteiger partial charge is 0.0244 e. The second-order valence-electron chi connectivity index (χ2n) is 1.13. The van der Waals surface area contributed by atoms with Crippen molar-refractivity contribution in [2.75, 3.05) is 0 Å². The third-order valence-corrected chi connectivity index (χ3v) is 0.572. The summed E-state index contributed by atoms with van der Waals surface area (Å²) in [5.74, 6) is 0.704. The van der Waals surface area contributed by atoms with Crippen LogP contribution < -0.4 is 0 Å². The number of aromatic nitrogens is 3. The Morgan fingerprint density at radius 2 is 2.00 bits per heavy atom. The van der Waals surface area contributed by atoms with Gasteiger partial charge in [0.25, 0.3) is 0 Å². The second-order valence-corrected chi connectivity index (χ2v) is 1.13. The van der Waals surface area contributed by atoms with Crippen molar-refractivity contribution in [3.05, 3.63) is 18.5 Å². The van der Waals surface area contributed by atoms with E-state index in [1.54, 1.807) is 6.92 Å². The zero-order chi connectivity index (χ0) is 7.11. The van der Waals surface area contributed by atoms with Gasteiger partial charge in [0.05, 0.1) is 0 Å². The zero-order valence-electron chi connectivity index (χ0n) is 6.25. The fourth-order valence-electron chi connectivity index (χ4n) is 0.268. The number of rotatable bonds is 0. The summed E-state index contributed by atoms with van der Waals surface area (Å²) in [5, 5.41) is 0. The summed E-state index contributed by atoms with van der Waals surface area (Å²) in [6.07, 6.45) is 3.82. The van der Waals surface area contributed by atoms with Crippen molar-refractivity contribution in [3.8, 4) is 0 Å². The minimum atomic E-state index is 0. The van der Waals surface area contributed by atoms with Crippen LogP contribution in [0.5, 0.6) is 0 Å². The van der Waals surface area contributed by atoms with Crippen molar-refractivity contribution in [1.82, 2.24) is 15.0 Å². The molecule has 1 heterocycles. The molecule has 0 atom stereocenters. The first kappa shape index (κ1) is 12.3. The molecule has 4 heteroatoms. The average Bonchev–Trinajstić information content (AvgIpc) is 1.94. The van der Waals surface area contributed by atoms with Crippen LogP contribution in [0.3, 0.4) is 0 Å². The van der Waals surface area contributed by atoms with Crippen LogP contribution in [-0.4, -0.2) is 15.0 Å². The molecule has 59 valence electrons. The zero-order valence-corrected chi connectivity index (χ0v) is 7.89. The first-order chi connectivity index (χ1) is 4.39. The molecule has 0 aliphatic rings. The Morgan fingerprint density at radius 3 is 2.20 bits per heavy atom. The third-order valence-electron chi connectivity index (χ3n) is 0.572. The maximum atomic E-state index is 3.73. The minimum absolute atomic E-state index is 0. The fraction of sp³-hybridized carbons (Fsp3) is 0.500. The van der Waals surface area contributed by atoms with Gasteiger partial charge in [-0.3, -0.25) is 0 Å². The molecule has 1 aromatic heterocycles. The maximum Gasteiger partial charge on any atom is 0.0244 e. The van der Waals surface area contributed by atoms with E-state index in [0.29, 0.717) is 5.82 Å². The molecule has 0 saturated heterocycles.